The Morgan fingerprint density at radius 1 is 1.64 bits per heavy atom. The van der Waals surface area contributed by atoms with Gasteiger partial charge >= 0.3 is 6.09 Å². The van der Waals surface area contributed by atoms with Crippen LogP contribution in [0.2, 0.25) is 0 Å². The van der Waals surface area contributed by atoms with Crippen LogP contribution in [-0.4, -0.2) is 18.6 Å². The van der Waals surface area contributed by atoms with Gasteiger partial charge in [0.1, 0.15) is 5.00 Å². The number of nitrogens with one attached hydrogen (secondary N) is 1. The number of amides is 2. The maximum Gasteiger partial charge on any atom is 0.412 e. The third kappa shape index (κ3) is 2.46. The van der Waals surface area contributed by atoms with E-state index in [1.807, 2.05) is 0 Å². The smallest absolute Gasteiger partial charge is 0.412 e. The number of hydrogen-bond acceptors (Lipinski definition) is 4. The average Bonchev–Trinajstić information content (AvgIpc) is 2.52. The first-order valence-corrected chi connectivity index (χ1v) is 4.84. The highest BCUT2D eigenvalue weighted by atomic mass is 32.1. The topological polar surface area (TPSA) is 81.4 Å². The predicted octanol–water partition coefficient (Wildman–Crippen LogP) is 1.42. The van der Waals surface area contributed by atoms with E-state index in [-0.39, 0.29) is 6.61 Å². The molecule has 0 fully saturated rings. The summed E-state index contributed by atoms with van der Waals surface area (Å²) in [5, 5.41) is 4.51. The van der Waals surface area contributed by atoms with Crippen LogP contribution in [-0.2, 0) is 4.74 Å². The number of nitrogens with two attached hydrogens (primary N) is 1. The van der Waals surface area contributed by atoms with Crippen LogP contribution in [0.15, 0.2) is 11.4 Å². The minimum Gasteiger partial charge on any atom is -0.450 e. The molecule has 2 amide bonds. The van der Waals surface area contributed by atoms with Crippen LogP contribution in [0, 0.1) is 0 Å². The molecule has 0 aliphatic rings. The third-order valence-corrected chi connectivity index (χ3v) is 2.25. The number of carbonyl (C=O) groups excluding carboxylic acids is 2. The van der Waals surface area contributed by atoms with Gasteiger partial charge in [-0.05, 0) is 18.4 Å². The number of ether oxygens (including phenoxy) is 1. The van der Waals surface area contributed by atoms with Crippen molar-refractivity contribution < 1.29 is 14.3 Å². The zero-order valence-corrected chi connectivity index (χ0v) is 8.39. The molecule has 6 heteroatoms. The molecule has 14 heavy (non-hydrogen) atoms. The van der Waals surface area contributed by atoms with Crippen LogP contribution in [0.3, 0.4) is 0 Å². The number of primary amides is 1. The Morgan fingerprint density at radius 2 is 2.36 bits per heavy atom. The molecule has 76 valence electrons. The summed E-state index contributed by atoms with van der Waals surface area (Å²) in [5.41, 5.74) is 5.38. The van der Waals surface area contributed by atoms with Gasteiger partial charge < -0.3 is 10.5 Å². The fourth-order valence-corrected chi connectivity index (χ4v) is 1.64. The van der Waals surface area contributed by atoms with Crippen LogP contribution < -0.4 is 11.1 Å². The largest absolute Gasteiger partial charge is 0.450 e. The molecule has 1 aromatic heterocycles. The highest BCUT2D eigenvalue weighted by Gasteiger charge is 2.12. The molecule has 1 rings (SSSR count). The number of rotatable bonds is 3. The summed E-state index contributed by atoms with van der Waals surface area (Å²) >= 11 is 1.22. The van der Waals surface area contributed by atoms with E-state index in [0.717, 1.165) is 0 Å². The molecule has 0 aliphatic heterocycles. The van der Waals surface area contributed by atoms with Crippen molar-refractivity contribution in [1.82, 2.24) is 0 Å². The van der Waals surface area contributed by atoms with Crippen LogP contribution in [0.1, 0.15) is 17.3 Å². The van der Waals surface area contributed by atoms with Crippen LogP contribution >= 0.6 is 11.3 Å². The van der Waals surface area contributed by atoms with E-state index < -0.39 is 12.0 Å². The van der Waals surface area contributed by atoms with Crippen molar-refractivity contribution in [3.8, 4) is 0 Å². The lowest BCUT2D eigenvalue weighted by atomic mass is 10.3. The Bertz CT molecular complexity index is 348. The zero-order chi connectivity index (χ0) is 10.6. The standard InChI is InChI=1S/C8H10N2O3S/c1-2-13-8(12)10-7-5(6(9)11)3-4-14-7/h3-4H,2H2,1H3,(H2,9,11)(H,10,12). The van der Waals surface area contributed by atoms with Crippen molar-refractivity contribution in [2.24, 2.45) is 5.73 Å². The molecule has 0 radical (unpaired) electrons. The molecular weight excluding hydrogens is 204 g/mol. The first-order chi connectivity index (χ1) is 6.65. The van der Waals surface area contributed by atoms with E-state index in [0.29, 0.717) is 10.6 Å². The van der Waals surface area contributed by atoms with Gasteiger partial charge in [-0.2, -0.15) is 0 Å². The van der Waals surface area contributed by atoms with E-state index in [1.54, 1.807) is 18.4 Å². The average molecular weight is 214 g/mol. The van der Waals surface area contributed by atoms with Crippen LogP contribution in [0.25, 0.3) is 0 Å². The third-order valence-electron chi connectivity index (χ3n) is 1.42. The maximum atomic E-state index is 11.0. The lowest BCUT2D eigenvalue weighted by Gasteiger charge is -2.03. The van der Waals surface area contributed by atoms with Crippen molar-refractivity contribution >= 4 is 28.3 Å². The van der Waals surface area contributed by atoms with E-state index >= 15 is 0 Å². The molecule has 0 saturated carbocycles. The van der Waals surface area contributed by atoms with Gasteiger partial charge in [-0.1, -0.05) is 0 Å². The van der Waals surface area contributed by atoms with Crippen LogP contribution in [0.4, 0.5) is 9.80 Å². The summed E-state index contributed by atoms with van der Waals surface area (Å²) in [6.45, 7) is 1.98. The second kappa shape index (κ2) is 4.61. The van der Waals surface area contributed by atoms with Gasteiger partial charge in [0, 0.05) is 0 Å². The minimum absolute atomic E-state index is 0.281. The molecule has 0 aromatic carbocycles. The van der Waals surface area contributed by atoms with Crippen molar-refractivity contribution in [1.29, 1.82) is 0 Å². The molecule has 1 aromatic rings. The van der Waals surface area contributed by atoms with Gasteiger partial charge in [0.05, 0.1) is 12.2 Å². The Morgan fingerprint density at radius 3 is 2.93 bits per heavy atom. The van der Waals surface area contributed by atoms with Crippen molar-refractivity contribution in [3.63, 3.8) is 0 Å². The predicted molar refractivity (Wildman–Crippen MR) is 53.5 cm³/mol. The fraction of sp³-hybridized carbons (Fsp3) is 0.250. The van der Waals surface area contributed by atoms with Crippen molar-refractivity contribution in [3.05, 3.63) is 17.0 Å². The fourth-order valence-electron chi connectivity index (χ4n) is 0.860. The van der Waals surface area contributed by atoms with Gasteiger partial charge in [0.15, 0.2) is 0 Å². The number of hydrogen-bond donors (Lipinski definition) is 2. The van der Waals surface area contributed by atoms with Gasteiger partial charge in [-0.25, -0.2) is 4.79 Å². The lowest BCUT2D eigenvalue weighted by Crippen LogP contribution is -2.17. The molecule has 0 aliphatic carbocycles. The molecule has 3 N–H and O–H groups in total. The number of thiophene rings is 1. The summed E-state index contributed by atoms with van der Waals surface area (Å²) in [6, 6.07) is 1.55. The van der Waals surface area contributed by atoms with Crippen LogP contribution in [0.5, 0.6) is 0 Å². The Labute approximate surface area is 84.9 Å². The Hall–Kier alpha value is -1.56. The van der Waals surface area contributed by atoms with Gasteiger partial charge in [0.2, 0.25) is 0 Å². The van der Waals surface area contributed by atoms with E-state index in [4.69, 9.17) is 5.73 Å². The molecule has 0 atom stereocenters. The highest BCUT2D eigenvalue weighted by Crippen LogP contribution is 2.22. The summed E-state index contributed by atoms with van der Waals surface area (Å²) < 4.78 is 4.65. The molecule has 0 spiro atoms. The Kier molecular flexibility index (Phi) is 3.47. The van der Waals surface area contributed by atoms with E-state index in [1.165, 1.54) is 11.3 Å². The molecule has 1 heterocycles. The molecule has 0 bridgehead atoms. The second-order valence-corrected chi connectivity index (χ2v) is 3.29. The molecule has 5 nitrogen and oxygen atoms in total. The first-order valence-electron chi connectivity index (χ1n) is 3.96. The molecular formula is C8H10N2O3S. The van der Waals surface area contributed by atoms with Crippen molar-refractivity contribution in [2.45, 2.75) is 6.92 Å². The van der Waals surface area contributed by atoms with E-state index in [2.05, 4.69) is 10.1 Å². The summed E-state index contributed by atoms with van der Waals surface area (Å²) in [7, 11) is 0. The minimum atomic E-state index is -0.586. The maximum absolute atomic E-state index is 11.0. The summed E-state index contributed by atoms with van der Waals surface area (Å²) in [5.74, 6) is -0.571. The first kappa shape index (κ1) is 10.5. The van der Waals surface area contributed by atoms with Gasteiger partial charge in [0.25, 0.3) is 5.91 Å². The monoisotopic (exact) mass is 214 g/mol. The Balaban J connectivity index is 2.71. The normalized spacial score (nSPS) is 9.50. The number of anilines is 1. The SMILES string of the molecule is CCOC(=O)Nc1sccc1C(N)=O. The second-order valence-electron chi connectivity index (χ2n) is 2.37. The summed E-state index contributed by atoms with van der Waals surface area (Å²) in [6.07, 6.45) is -0.586. The summed E-state index contributed by atoms with van der Waals surface area (Å²) in [4.78, 5) is 21.9. The quantitative estimate of drug-likeness (QED) is 0.798. The van der Waals surface area contributed by atoms with E-state index in [9.17, 15) is 9.59 Å². The number of carbonyl (C=O) groups is 2. The lowest BCUT2D eigenvalue weighted by molar-refractivity contribution is 0.100. The van der Waals surface area contributed by atoms with Crippen molar-refractivity contribution in [2.75, 3.05) is 11.9 Å². The zero-order valence-electron chi connectivity index (χ0n) is 7.57. The van der Waals surface area contributed by atoms with Gasteiger partial charge in [-0.15, -0.1) is 11.3 Å². The molecule has 0 unspecified atom stereocenters. The highest BCUT2D eigenvalue weighted by molar-refractivity contribution is 7.14. The van der Waals surface area contributed by atoms with Gasteiger partial charge in [-0.3, -0.25) is 10.1 Å². The molecule has 0 saturated heterocycles.